The number of rotatable bonds is 4. The molecule has 0 bridgehead atoms. The summed E-state index contributed by atoms with van der Waals surface area (Å²) in [5, 5.41) is 18.7. The molecule has 0 saturated carbocycles. The molecule has 6 nitrogen and oxygen atoms in total. The van der Waals surface area contributed by atoms with E-state index in [0.29, 0.717) is 6.07 Å². The monoisotopic (exact) mass is 395 g/mol. The predicted molar refractivity (Wildman–Crippen MR) is 81.6 cm³/mol. The number of alkyl halides is 3. The molecule has 2 rings (SSSR count). The molecule has 0 amide bonds. The molecule has 0 radical (unpaired) electrons. The number of nitro benzene ring substituents is 1. The number of carboxylic acid groups (broad SMARTS) is 1. The van der Waals surface area contributed by atoms with Gasteiger partial charge in [0.05, 0.1) is 20.5 Å². The van der Waals surface area contributed by atoms with Crippen LogP contribution < -0.4 is 4.74 Å². The molecule has 25 heavy (non-hydrogen) atoms. The van der Waals surface area contributed by atoms with E-state index in [2.05, 4.69) is 0 Å². The number of carboxylic acids is 1. The number of aromatic carboxylic acids is 1. The molecule has 0 aliphatic heterocycles. The first-order valence-electron chi connectivity index (χ1n) is 6.26. The zero-order chi connectivity index (χ0) is 18.9. The van der Waals surface area contributed by atoms with Crippen molar-refractivity contribution in [2.45, 2.75) is 6.18 Å². The van der Waals surface area contributed by atoms with Crippen LogP contribution in [-0.4, -0.2) is 16.0 Å². The zero-order valence-electron chi connectivity index (χ0n) is 11.8. The SMILES string of the molecule is O=C(O)c1cc(Oc2cc(Cl)c(C(F)(F)F)cc2Cl)ccc1[N+](=O)[O-]. The molecule has 11 heteroatoms. The van der Waals surface area contributed by atoms with Gasteiger partial charge in [0, 0.05) is 18.2 Å². The van der Waals surface area contributed by atoms with Crippen LogP contribution in [0.5, 0.6) is 11.5 Å². The topological polar surface area (TPSA) is 89.7 Å². The maximum atomic E-state index is 12.7. The molecular weight excluding hydrogens is 390 g/mol. The maximum Gasteiger partial charge on any atom is 0.417 e. The Balaban J connectivity index is 2.44. The fraction of sp³-hybridized carbons (Fsp3) is 0.0714. The van der Waals surface area contributed by atoms with E-state index < -0.39 is 43.9 Å². The zero-order valence-corrected chi connectivity index (χ0v) is 13.3. The molecule has 0 aliphatic carbocycles. The summed E-state index contributed by atoms with van der Waals surface area (Å²) in [6.07, 6.45) is -4.72. The Hall–Kier alpha value is -2.52. The Bertz CT molecular complexity index is 870. The molecule has 2 aromatic rings. The van der Waals surface area contributed by atoms with Gasteiger partial charge in [0.25, 0.3) is 5.69 Å². The lowest BCUT2D eigenvalue weighted by Crippen LogP contribution is -2.06. The van der Waals surface area contributed by atoms with Gasteiger partial charge in [-0.3, -0.25) is 10.1 Å². The van der Waals surface area contributed by atoms with Gasteiger partial charge in [0.1, 0.15) is 17.1 Å². The first-order valence-corrected chi connectivity index (χ1v) is 7.02. The fourth-order valence-corrected chi connectivity index (χ4v) is 2.32. The third-order valence-electron chi connectivity index (χ3n) is 2.95. The van der Waals surface area contributed by atoms with Gasteiger partial charge in [-0.1, -0.05) is 23.2 Å². The first kappa shape index (κ1) is 18.8. The number of benzene rings is 2. The average Bonchev–Trinajstić information content (AvgIpc) is 2.49. The van der Waals surface area contributed by atoms with E-state index in [0.717, 1.165) is 24.3 Å². The number of ether oxygens (including phenoxy) is 1. The van der Waals surface area contributed by atoms with Crippen LogP contribution in [-0.2, 0) is 6.18 Å². The predicted octanol–water partition coefficient (Wildman–Crippen LogP) is 5.41. The first-order chi connectivity index (χ1) is 11.5. The number of carbonyl (C=O) groups is 1. The summed E-state index contributed by atoms with van der Waals surface area (Å²) in [7, 11) is 0. The highest BCUT2D eigenvalue weighted by molar-refractivity contribution is 6.34. The summed E-state index contributed by atoms with van der Waals surface area (Å²) in [6.45, 7) is 0. The van der Waals surface area contributed by atoms with Crippen LogP contribution in [0.1, 0.15) is 15.9 Å². The molecule has 0 aliphatic rings. The molecular formula is C14H6Cl2F3NO5. The Morgan fingerprint density at radius 1 is 1.16 bits per heavy atom. The molecule has 2 aromatic carbocycles. The number of nitro groups is 1. The summed E-state index contributed by atoms with van der Waals surface area (Å²) in [6, 6.07) is 4.19. The molecule has 132 valence electrons. The van der Waals surface area contributed by atoms with Gasteiger partial charge in [0.2, 0.25) is 0 Å². The maximum absolute atomic E-state index is 12.7. The standard InChI is InChI=1S/C14H6Cl2F3NO5/c15-9-5-12(10(16)4-8(9)14(17,18)19)25-6-1-2-11(20(23)24)7(3-6)13(21)22/h1-5H,(H,21,22). The molecule has 0 heterocycles. The van der Waals surface area contributed by atoms with Gasteiger partial charge in [-0.15, -0.1) is 0 Å². The van der Waals surface area contributed by atoms with Crippen LogP contribution in [0.4, 0.5) is 18.9 Å². The summed E-state index contributed by atoms with van der Waals surface area (Å²) < 4.78 is 43.4. The molecule has 0 spiro atoms. The van der Waals surface area contributed by atoms with Crippen LogP contribution >= 0.6 is 23.2 Å². The fourth-order valence-electron chi connectivity index (χ4n) is 1.86. The molecule has 0 atom stereocenters. The Morgan fingerprint density at radius 3 is 2.32 bits per heavy atom. The average molecular weight is 396 g/mol. The van der Waals surface area contributed by atoms with Crippen molar-refractivity contribution in [1.82, 2.24) is 0 Å². The molecule has 0 saturated heterocycles. The van der Waals surface area contributed by atoms with E-state index >= 15 is 0 Å². The minimum Gasteiger partial charge on any atom is -0.477 e. The third-order valence-corrected chi connectivity index (χ3v) is 3.56. The van der Waals surface area contributed by atoms with Crippen molar-refractivity contribution in [2.75, 3.05) is 0 Å². The molecule has 0 aromatic heterocycles. The van der Waals surface area contributed by atoms with Crippen LogP contribution in [0, 0.1) is 10.1 Å². The second-order valence-corrected chi connectivity index (χ2v) is 5.42. The number of nitrogens with zero attached hydrogens (tertiary/aromatic N) is 1. The largest absolute Gasteiger partial charge is 0.477 e. The van der Waals surface area contributed by atoms with Gasteiger partial charge >= 0.3 is 12.1 Å². The van der Waals surface area contributed by atoms with Crippen molar-refractivity contribution >= 4 is 34.9 Å². The normalized spacial score (nSPS) is 11.2. The van der Waals surface area contributed by atoms with Gasteiger partial charge in [-0.2, -0.15) is 13.2 Å². The minimum absolute atomic E-state index is 0.180. The second-order valence-electron chi connectivity index (χ2n) is 4.60. The minimum atomic E-state index is -4.72. The summed E-state index contributed by atoms with van der Waals surface area (Å²) in [5.74, 6) is -2.03. The summed E-state index contributed by atoms with van der Waals surface area (Å²) >= 11 is 11.3. The molecule has 1 N–H and O–H groups in total. The van der Waals surface area contributed by atoms with Crippen molar-refractivity contribution in [1.29, 1.82) is 0 Å². The number of hydrogen-bond donors (Lipinski definition) is 1. The Kier molecular flexibility index (Phi) is 5.09. The Morgan fingerprint density at radius 2 is 1.80 bits per heavy atom. The molecule has 0 fully saturated rings. The molecule has 0 unspecified atom stereocenters. The highest BCUT2D eigenvalue weighted by Gasteiger charge is 2.34. The van der Waals surface area contributed by atoms with E-state index in [-0.39, 0.29) is 11.5 Å². The smallest absolute Gasteiger partial charge is 0.417 e. The van der Waals surface area contributed by atoms with E-state index in [1.54, 1.807) is 0 Å². The third kappa shape index (κ3) is 4.12. The van der Waals surface area contributed by atoms with Crippen molar-refractivity contribution < 1.29 is 32.7 Å². The van der Waals surface area contributed by atoms with E-state index in [1.807, 2.05) is 0 Å². The van der Waals surface area contributed by atoms with Crippen molar-refractivity contribution in [3.63, 3.8) is 0 Å². The second kappa shape index (κ2) is 6.77. The van der Waals surface area contributed by atoms with Crippen LogP contribution in [0.15, 0.2) is 30.3 Å². The highest BCUT2D eigenvalue weighted by atomic mass is 35.5. The van der Waals surface area contributed by atoms with Crippen LogP contribution in [0.3, 0.4) is 0 Å². The van der Waals surface area contributed by atoms with E-state index in [1.165, 1.54) is 0 Å². The van der Waals surface area contributed by atoms with Crippen LogP contribution in [0.2, 0.25) is 10.0 Å². The lowest BCUT2D eigenvalue weighted by molar-refractivity contribution is -0.385. The van der Waals surface area contributed by atoms with Gasteiger partial charge in [-0.05, 0) is 12.1 Å². The number of halogens is 5. The van der Waals surface area contributed by atoms with E-state index in [4.69, 9.17) is 33.0 Å². The lowest BCUT2D eigenvalue weighted by Gasteiger charge is -2.13. The van der Waals surface area contributed by atoms with Crippen molar-refractivity contribution in [3.8, 4) is 11.5 Å². The summed E-state index contributed by atoms with van der Waals surface area (Å²) in [4.78, 5) is 21.0. The van der Waals surface area contributed by atoms with Crippen molar-refractivity contribution in [3.05, 3.63) is 61.6 Å². The van der Waals surface area contributed by atoms with Gasteiger partial charge < -0.3 is 9.84 Å². The summed E-state index contributed by atoms with van der Waals surface area (Å²) in [5.41, 5.74) is -2.49. The lowest BCUT2D eigenvalue weighted by atomic mass is 10.1. The van der Waals surface area contributed by atoms with Gasteiger partial charge in [0.15, 0.2) is 0 Å². The highest BCUT2D eigenvalue weighted by Crippen LogP contribution is 2.41. The van der Waals surface area contributed by atoms with Crippen LogP contribution in [0.25, 0.3) is 0 Å². The van der Waals surface area contributed by atoms with Crippen molar-refractivity contribution in [2.24, 2.45) is 0 Å². The van der Waals surface area contributed by atoms with E-state index in [9.17, 15) is 28.1 Å². The number of hydrogen-bond acceptors (Lipinski definition) is 4. The quantitative estimate of drug-likeness (QED) is 0.551. The Labute approximate surface area is 147 Å². The van der Waals surface area contributed by atoms with Gasteiger partial charge in [-0.25, -0.2) is 4.79 Å².